The number of rotatable bonds is 8. The second-order valence-electron chi connectivity index (χ2n) is 8.61. The third kappa shape index (κ3) is 5.40. The maximum Gasteiger partial charge on any atom is 0.269 e. The molecule has 4 N–H and O–H groups in total. The molecule has 2 atom stereocenters. The molecular formula is C25H25FN8O4. The number of hydrogen-bond acceptors (Lipinski definition) is 7. The molecule has 1 saturated heterocycles. The number of allylic oxidation sites excluding steroid dienone is 2. The van der Waals surface area contributed by atoms with Crippen LogP contribution in [0.25, 0.3) is 11.6 Å². The minimum atomic E-state index is -1.42. The van der Waals surface area contributed by atoms with Crippen molar-refractivity contribution in [2.24, 2.45) is 5.73 Å². The molecule has 0 saturated carbocycles. The quantitative estimate of drug-likeness (QED) is 0.373. The van der Waals surface area contributed by atoms with Crippen molar-refractivity contribution >= 4 is 35.1 Å². The number of pyridine rings is 1. The summed E-state index contributed by atoms with van der Waals surface area (Å²) in [6, 6.07) is 1.81. The summed E-state index contributed by atoms with van der Waals surface area (Å²) in [5.74, 6) is -2.08. The number of hydrogen-bond donors (Lipinski definition) is 3. The van der Waals surface area contributed by atoms with E-state index in [2.05, 4.69) is 32.2 Å². The monoisotopic (exact) mass is 520 g/mol. The van der Waals surface area contributed by atoms with Crippen LogP contribution in [0.5, 0.6) is 0 Å². The van der Waals surface area contributed by atoms with Crippen molar-refractivity contribution in [1.82, 2.24) is 29.9 Å². The van der Waals surface area contributed by atoms with E-state index in [1.807, 2.05) is 0 Å². The Hall–Kier alpha value is -4.94. The van der Waals surface area contributed by atoms with Gasteiger partial charge in [0.1, 0.15) is 24.4 Å². The first kappa shape index (κ1) is 26.1. The Balaban J connectivity index is 1.60. The van der Waals surface area contributed by atoms with Crippen LogP contribution in [0.2, 0.25) is 0 Å². The normalized spacial score (nSPS) is 17.3. The number of likely N-dealkylation sites (tertiary alicyclic amines) is 1. The Morgan fingerprint density at radius 2 is 2.11 bits per heavy atom. The van der Waals surface area contributed by atoms with Gasteiger partial charge in [0.15, 0.2) is 5.69 Å². The highest BCUT2D eigenvalue weighted by Crippen LogP contribution is 2.25. The van der Waals surface area contributed by atoms with Crippen LogP contribution in [0.4, 0.5) is 10.1 Å². The molecule has 3 amide bonds. The highest BCUT2D eigenvalue weighted by atomic mass is 19.1. The zero-order valence-corrected chi connectivity index (χ0v) is 20.4. The molecule has 4 heterocycles. The first-order chi connectivity index (χ1) is 18.2. The van der Waals surface area contributed by atoms with E-state index in [9.17, 15) is 23.6 Å². The van der Waals surface area contributed by atoms with Crippen molar-refractivity contribution in [2.45, 2.75) is 32.1 Å². The molecule has 12 nitrogen and oxygen atoms in total. The van der Waals surface area contributed by atoms with Gasteiger partial charge in [-0.3, -0.25) is 23.9 Å². The number of nitrogens with zero attached hydrogens (tertiary/aromatic N) is 5. The molecule has 0 aromatic carbocycles. The highest BCUT2D eigenvalue weighted by molar-refractivity contribution is 5.99. The number of carbonyl (C=O) groups excluding carboxylic acids is 3. The Bertz CT molecular complexity index is 1480. The third-order valence-electron chi connectivity index (χ3n) is 6.16. The zero-order chi connectivity index (χ0) is 27.4. The molecule has 0 aliphatic carbocycles. The standard InChI is InChI=1S/C25H25FN8O4/c1-3-15(16-4-7-29-30-10-16)8-18-14(2)34(32-23(18)24(27)37)13-22(36)33-12-17(26)9-20(33)25(38)31-19-11-28-6-5-21(19)35/h3-8,10-11,17,20H,1,9,12-13H2,2H3,(H2,27,37)(H,28,35)(H,31,38)/b15-8+. The summed E-state index contributed by atoms with van der Waals surface area (Å²) in [7, 11) is 0. The SMILES string of the molecule is C=C/C(=C\c1c(C(N)=O)nn(CC(=O)N2CC(F)CC2C(=O)Nc2c[nH]ccc2=O)c1C)c1ccnnc1. The summed E-state index contributed by atoms with van der Waals surface area (Å²) in [4.78, 5) is 54.0. The summed E-state index contributed by atoms with van der Waals surface area (Å²) in [6.45, 7) is 4.78. The van der Waals surface area contributed by atoms with Crippen molar-refractivity contribution in [2.75, 3.05) is 11.9 Å². The fraction of sp³-hybridized carbons (Fsp3) is 0.240. The van der Waals surface area contributed by atoms with Gasteiger partial charge in [0.2, 0.25) is 17.2 Å². The number of aromatic nitrogens is 5. The number of halogens is 1. The number of H-pyrrole nitrogens is 1. The van der Waals surface area contributed by atoms with Gasteiger partial charge in [-0.15, -0.1) is 0 Å². The van der Waals surface area contributed by atoms with Crippen molar-refractivity contribution < 1.29 is 18.8 Å². The fourth-order valence-corrected chi connectivity index (χ4v) is 4.20. The van der Waals surface area contributed by atoms with Crippen LogP contribution in [-0.4, -0.2) is 66.3 Å². The molecule has 0 bridgehead atoms. The second-order valence-corrected chi connectivity index (χ2v) is 8.61. The van der Waals surface area contributed by atoms with Crippen molar-refractivity contribution in [3.05, 3.63) is 82.3 Å². The highest BCUT2D eigenvalue weighted by Gasteiger charge is 2.40. The average Bonchev–Trinajstić information content (AvgIpc) is 3.44. The molecule has 4 rings (SSSR count). The summed E-state index contributed by atoms with van der Waals surface area (Å²) in [6.07, 6.45) is 7.31. The van der Waals surface area contributed by atoms with Crippen LogP contribution in [0.15, 0.2) is 54.4 Å². The average molecular weight is 521 g/mol. The number of amides is 3. The Labute approximate surface area is 216 Å². The smallest absolute Gasteiger partial charge is 0.269 e. The van der Waals surface area contributed by atoms with E-state index in [4.69, 9.17) is 5.73 Å². The molecule has 3 aromatic heterocycles. The van der Waals surface area contributed by atoms with E-state index >= 15 is 0 Å². The third-order valence-corrected chi connectivity index (χ3v) is 6.16. The van der Waals surface area contributed by atoms with Crippen LogP contribution >= 0.6 is 0 Å². The molecule has 0 spiro atoms. The topological polar surface area (TPSA) is 169 Å². The molecule has 38 heavy (non-hydrogen) atoms. The summed E-state index contributed by atoms with van der Waals surface area (Å²) in [5, 5.41) is 14.2. The van der Waals surface area contributed by atoms with E-state index in [-0.39, 0.29) is 30.9 Å². The van der Waals surface area contributed by atoms with Gasteiger partial charge in [-0.25, -0.2) is 4.39 Å². The van der Waals surface area contributed by atoms with Crippen molar-refractivity contribution in [3.8, 4) is 0 Å². The van der Waals surface area contributed by atoms with E-state index in [0.29, 0.717) is 22.4 Å². The number of nitrogens with two attached hydrogens (primary N) is 1. The lowest BCUT2D eigenvalue weighted by molar-refractivity contribution is -0.137. The number of aromatic amines is 1. The molecule has 1 aliphatic rings. The number of carbonyl (C=O) groups is 3. The zero-order valence-electron chi connectivity index (χ0n) is 20.4. The predicted octanol–water partition coefficient (Wildman–Crippen LogP) is 1.07. The summed E-state index contributed by atoms with van der Waals surface area (Å²) >= 11 is 0. The summed E-state index contributed by atoms with van der Waals surface area (Å²) in [5.41, 5.74) is 7.16. The second kappa shape index (κ2) is 11.0. The Morgan fingerprint density at radius 3 is 2.76 bits per heavy atom. The van der Waals surface area contributed by atoms with Crippen LogP contribution in [-0.2, 0) is 16.1 Å². The fourth-order valence-electron chi connectivity index (χ4n) is 4.20. The van der Waals surface area contributed by atoms with Gasteiger partial charge in [-0.05, 0) is 24.6 Å². The van der Waals surface area contributed by atoms with Crippen molar-refractivity contribution in [3.63, 3.8) is 0 Å². The first-order valence-electron chi connectivity index (χ1n) is 11.6. The minimum Gasteiger partial charge on any atom is -0.366 e. The molecule has 1 fully saturated rings. The predicted molar refractivity (Wildman–Crippen MR) is 136 cm³/mol. The maximum atomic E-state index is 14.3. The van der Waals surface area contributed by atoms with Crippen LogP contribution in [0.1, 0.15) is 33.7 Å². The Kier molecular flexibility index (Phi) is 7.55. The molecule has 2 unspecified atom stereocenters. The lowest BCUT2D eigenvalue weighted by Crippen LogP contribution is -2.45. The largest absolute Gasteiger partial charge is 0.366 e. The first-order valence-corrected chi connectivity index (χ1v) is 11.6. The van der Waals surface area contributed by atoms with E-state index < -0.39 is 35.4 Å². The molecular weight excluding hydrogens is 495 g/mol. The number of primary amides is 1. The molecule has 1 aliphatic heterocycles. The van der Waals surface area contributed by atoms with Crippen molar-refractivity contribution in [1.29, 1.82) is 0 Å². The minimum absolute atomic E-state index is 0.0138. The van der Waals surface area contributed by atoms with Crippen LogP contribution < -0.4 is 16.5 Å². The number of nitrogens with one attached hydrogen (secondary N) is 2. The van der Waals surface area contributed by atoms with Crippen LogP contribution in [0.3, 0.4) is 0 Å². The van der Waals surface area contributed by atoms with Gasteiger partial charge >= 0.3 is 0 Å². The van der Waals surface area contributed by atoms with E-state index in [1.165, 1.54) is 35.5 Å². The molecule has 0 radical (unpaired) electrons. The molecule has 13 heteroatoms. The maximum absolute atomic E-state index is 14.3. The lowest BCUT2D eigenvalue weighted by Gasteiger charge is -2.23. The molecule has 3 aromatic rings. The Morgan fingerprint density at radius 1 is 1.32 bits per heavy atom. The van der Waals surface area contributed by atoms with Gasteiger partial charge in [0.25, 0.3) is 5.91 Å². The van der Waals surface area contributed by atoms with E-state index in [0.717, 1.165) is 4.90 Å². The summed E-state index contributed by atoms with van der Waals surface area (Å²) < 4.78 is 15.6. The van der Waals surface area contributed by atoms with Gasteiger partial charge in [-0.1, -0.05) is 12.7 Å². The molecule has 196 valence electrons. The van der Waals surface area contributed by atoms with Gasteiger partial charge < -0.3 is 20.9 Å². The lowest BCUT2D eigenvalue weighted by atomic mass is 10.0. The number of alkyl halides is 1. The number of anilines is 1. The van der Waals surface area contributed by atoms with Crippen LogP contribution in [0, 0.1) is 6.92 Å². The van der Waals surface area contributed by atoms with E-state index in [1.54, 1.807) is 25.1 Å². The van der Waals surface area contributed by atoms with Gasteiger partial charge in [0.05, 0.1) is 18.9 Å². The van der Waals surface area contributed by atoms with Gasteiger partial charge in [-0.2, -0.15) is 15.3 Å². The van der Waals surface area contributed by atoms with Gasteiger partial charge in [0, 0.05) is 41.7 Å².